The van der Waals surface area contributed by atoms with Gasteiger partial charge in [0.25, 0.3) is 5.56 Å². The molecule has 0 radical (unpaired) electrons. The minimum absolute atomic E-state index is 0.0151. The molecule has 0 aliphatic rings. The first kappa shape index (κ1) is 12.8. The van der Waals surface area contributed by atoms with E-state index in [9.17, 15) is 4.79 Å². The van der Waals surface area contributed by atoms with Gasteiger partial charge in [-0.1, -0.05) is 23.2 Å². The van der Waals surface area contributed by atoms with Crippen molar-refractivity contribution in [3.05, 3.63) is 44.7 Å². The topological polar surface area (TPSA) is 69.9 Å². The van der Waals surface area contributed by atoms with Gasteiger partial charge in [0.2, 0.25) is 5.88 Å². The molecule has 0 bridgehead atoms. The van der Waals surface area contributed by atoms with Gasteiger partial charge in [-0.05, 0) is 6.07 Å². The van der Waals surface area contributed by atoms with E-state index in [4.69, 9.17) is 27.9 Å². The molecule has 18 heavy (non-hydrogen) atoms. The highest BCUT2D eigenvalue weighted by molar-refractivity contribution is 6.40. The van der Waals surface area contributed by atoms with Crippen molar-refractivity contribution in [3.63, 3.8) is 0 Å². The van der Waals surface area contributed by atoms with Gasteiger partial charge in [-0.25, -0.2) is 4.98 Å². The van der Waals surface area contributed by atoms with Crippen LogP contribution < -0.4 is 10.3 Å². The first-order chi connectivity index (χ1) is 8.61. The third-order valence-corrected chi connectivity index (χ3v) is 2.90. The Morgan fingerprint density at radius 2 is 2.11 bits per heavy atom. The molecule has 6 nitrogen and oxygen atoms in total. The zero-order valence-corrected chi connectivity index (χ0v) is 10.8. The summed E-state index contributed by atoms with van der Waals surface area (Å²) >= 11 is 11.3. The lowest BCUT2D eigenvalue weighted by Crippen LogP contribution is -2.22. The molecular weight excluding hydrogens is 279 g/mol. The maximum atomic E-state index is 11.8. The molecule has 2 rings (SSSR count). The van der Waals surface area contributed by atoms with Gasteiger partial charge in [-0.2, -0.15) is 0 Å². The van der Waals surface area contributed by atoms with Crippen molar-refractivity contribution in [2.75, 3.05) is 7.11 Å². The summed E-state index contributed by atoms with van der Waals surface area (Å²) in [5.74, 6) is 0.401. The predicted octanol–water partition coefficient (Wildman–Crippen LogP) is 1.40. The summed E-state index contributed by atoms with van der Waals surface area (Å²) in [5, 5.41) is 7.57. The molecule has 0 aliphatic heterocycles. The van der Waals surface area contributed by atoms with E-state index >= 15 is 0 Å². The lowest BCUT2D eigenvalue weighted by Gasteiger charge is -2.05. The van der Waals surface area contributed by atoms with E-state index in [1.807, 2.05) is 0 Å². The van der Waals surface area contributed by atoms with Gasteiger partial charge in [-0.3, -0.25) is 9.36 Å². The SMILES string of the molecule is COc1ccc(Cn2cnc(Cl)c(Cl)c2=O)nn1. The van der Waals surface area contributed by atoms with Gasteiger partial charge in [0.15, 0.2) is 5.15 Å². The van der Waals surface area contributed by atoms with E-state index in [1.54, 1.807) is 12.1 Å². The van der Waals surface area contributed by atoms with E-state index in [-0.39, 0.29) is 16.7 Å². The second-order valence-corrected chi connectivity index (χ2v) is 4.09. The largest absolute Gasteiger partial charge is 0.480 e. The van der Waals surface area contributed by atoms with Crippen molar-refractivity contribution < 1.29 is 4.74 Å². The Morgan fingerprint density at radius 1 is 1.33 bits per heavy atom. The Kier molecular flexibility index (Phi) is 3.78. The van der Waals surface area contributed by atoms with E-state index in [0.717, 1.165) is 0 Å². The zero-order valence-electron chi connectivity index (χ0n) is 9.30. The van der Waals surface area contributed by atoms with E-state index < -0.39 is 5.56 Å². The third kappa shape index (κ3) is 2.60. The Balaban J connectivity index is 2.28. The Hall–Kier alpha value is -1.66. The highest BCUT2D eigenvalue weighted by Gasteiger charge is 2.08. The standard InChI is InChI=1S/C10H8Cl2N4O2/c1-18-7-3-2-6(14-15-7)4-16-5-13-9(12)8(11)10(16)17/h2-3,5H,4H2,1H3. The Labute approximate surface area is 112 Å². The molecule has 0 aliphatic carbocycles. The molecular formula is C10H8Cl2N4O2. The van der Waals surface area contributed by atoms with Crippen LogP contribution in [0.3, 0.4) is 0 Å². The van der Waals surface area contributed by atoms with Crippen molar-refractivity contribution in [1.82, 2.24) is 19.7 Å². The summed E-state index contributed by atoms with van der Waals surface area (Å²) in [6.45, 7) is 0.208. The van der Waals surface area contributed by atoms with Crippen LogP contribution in [-0.4, -0.2) is 26.9 Å². The summed E-state index contributed by atoms with van der Waals surface area (Å²) in [6.07, 6.45) is 1.31. The summed E-state index contributed by atoms with van der Waals surface area (Å²) in [6, 6.07) is 3.35. The van der Waals surface area contributed by atoms with Gasteiger partial charge in [0.05, 0.1) is 25.7 Å². The second-order valence-electron chi connectivity index (χ2n) is 3.35. The molecule has 94 valence electrons. The molecule has 0 spiro atoms. The predicted molar refractivity (Wildman–Crippen MR) is 66.2 cm³/mol. The third-order valence-electron chi connectivity index (χ3n) is 2.18. The minimum atomic E-state index is -0.422. The number of nitrogens with zero attached hydrogens (tertiary/aromatic N) is 4. The molecule has 0 atom stereocenters. The van der Waals surface area contributed by atoms with Crippen LogP contribution in [0.25, 0.3) is 0 Å². The fourth-order valence-electron chi connectivity index (χ4n) is 1.27. The summed E-state index contributed by atoms with van der Waals surface area (Å²) in [5.41, 5.74) is 0.160. The summed E-state index contributed by atoms with van der Waals surface area (Å²) in [4.78, 5) is 15.5. The van der Waals surface area contributed by atoms with Crippen LogP contribution in [0.4, 0.5) is 0 Å². The average Bonchev–Trinajstić information content (AvgIpc) is 2.40. The lowest BCUT2D eigenvalue weighted by atomic mass is 10.4. The number of aromatic nitrogens is 4. The maximum absolute atomic E-state index is 11.8. The zero-order chi connectivity index (χ0) is 13.1. The molecule has 8 heteroatoms. The summed E-state index contributed by atoms with van der Waals surface area (Å²) < 4.78 is 6.18. The van der Waals surface area contributed by atoms with Crippen LogP contribution in [0.5, 0.6) is 5.88 Å². The highest BCUT2D eigenvalue weighted by Crippen LogP contribution is 2.13. The quantitative estimate of drug-likeness (QED) is 0.798. The van der Waals surface area contributed by atoms with Crippen molar-refractivity contribution in [2.45, 2.75) is 6.54 Å². The number of halogens is 2. The highest BCUT2D eigenvalue weighted by atomic mass is 35.5. The average molecular weight is 287 g/mol. The minimum Gasteiger partial charge on any atom is -0.480 e. The number of rotatable bonds is 3. The first-order valence-electron chi connectivity index (χ1n) is 4.89. The van der Waals surface area contributed by atoms with Crippen LogP contribution in [0.2, 0.25) is 10.2 Å². The smallest absolute Gasteiger partial charge is 0.274 e. The lowest BCUT2D eigenvalue weighted by molar-refractivity contribution is 0.391. The Morgan fingerprint density at radius 3 is 2.72 bits per heavy atom. The molecule has 2 aromatic rings. The van der Waals surface area contributed by atoms with Crippen LogP contribution in [0, 0.1) is 0 Å². The normalized spacial score (nSPS) is 10.4. The number of ether oxygens (including phenoxy) is 1. The maximum Gasteiger partial charge on any atom is 0.274 e. The second kappa shape index (κ2) is 5.32. The van der Waals surface area contributed by atoms with Gasteiger partial charge in [0.1, 0.15) is 5.02 Å². The molecule has 2 heterocycles. The van der Waals surface area contributed by atoms with Crippen molar-refractivity contribution in [1.29, 1.82) is 0 Å². The summed E-state index contributed by atoms with van der Waals surface area (Å²) in [7, 11) is 1.50. The van der Waals surface area contributed by atoms with Gasteiger partial charge >= 0.3 is 0 Å². The molecule has 2 aromatic heterocycles. The first-order valence-corrected chi connectivity index (χ1v) is 5.64. The molecule has 0 N–H and O–H groups in total. The number of hydrogen-bond acceptors (Lipinski definition) is 5. The monoisotopic (exact) mass is 286 g/mol. The van der Waals surface area contributed by atoms with Crippen LogP contribution in [-0.2, 0) is 6.54 Å². The van der Waals surface area contributed by atoms with Gasteiger partial charge < -0.3 is 4.74 Å². The number of methoxy groups -OCH3 is 1. The van der Waals surface area contributed by atoms with Crippen LogP contribution in [0.1, 0.15) is 5.69 Å². The number of hydrogen-bond donors (Lipinski definition) is 0. The van der Waals surface area contributed by atoms with Gasteiger partial charge in [0, 0.05) is 6.07 Å². The fraction of sp³-hybridized carbons (Fsp3) is 0.200. The van der Waals surface area contributed by atoms with E-state index in [2.05, 4.69) is 15.2 Å². The van der Waals surface area contributed by atoms with Crippen LogP contribution in [0.15, 0.2) is 23.3 Å². The van der Waals surface area contributed by atoms with Crippen molar-refractivity contribution >= 4 is 23.2 Å². The molecule has 0 saturated carbocycles. The van der Waals surface area contributed by atoms with Crippen molar-refractivity contribution in [3.8, 4) is 5.88 Å². The molecule has 0 saturated heterocycles. The van der Waals surface area contributed by atoms with E-state index in [1.165, 1.54) is 18.0 Å². The molecule has 0 fully saturated rings. The Bertz CT molecular complexity index is 612. The molecule has 0 aromatic carbocycles. The van der Waals surface area contributed by atoms with Crippen molar-refractivity contribution in [2.24, 2.45) is 0 Å². The molecule has 0 amide bonds. The van der Waals surface area contributed by atoms with Crippen LogP contribution >= 0.6 is 23.2 Å². The molecule has 0 unspecified atom stereocenters. The van der Waals surface area contributed by atoms with Gasteiger partial charge in [-0.15, -0.1) is 10.2 Å². The fourth-order valence-corrected chi connectivity index (χ4v) is 1.55. The van der Waals surface area contributed by atoms with E-state index in [0.29, 0.717) is 11.6 Å².